The topological polar surface area (TPSA) is 108 Å². The van der Waals surface area contributed by atoms with E-state index in [1.807, 2.05) is 33.3 Å². The Morgan fingerprint density at radius 1 is 0.571 bits per heavy atom. The van der Waals surface area contributed by atoms with Gasteiger partial charge in [0.2, 0.25) is 0 Å². The number of hydrogen-bond donors (Lipinski definition) is 1. The van der Waals surface area contributed by atoms with Gasteiger partial charge >= 0.3 is 19.8 Å². The number of allylic oxidation sites excluding steroid dienone is 12. The van der Waals surface area contributed by atoms with Gasteiger partial charge in [0.05, 0.1) is 27.7 Å². The SMILES string of the molecule is CCC=CCC=CCC=CCC=CCC=CC/C=C\CCC(=O)O[C@H](COC(=O)CCCCCCCCCCCCCCC)COP(=O)(O)OCC[N+](C)(C)C. The van der Waals surface area contributed by atoms with E-state index in [0.29, 0.717) is 17.4 Å². The number of rotatable bonds is 38. The van der Waals surface area contributed by atoms with Crippen molar-refractivity contribution in [1.29, 1.82) is 0 Å². The molecule has 0 aliphatic rings. The van der Waals surface area contributed by atoms with Crippen molar-refractivity contribution < 1.29 is 42.1 Å². The molecular formula is C46H81NO8P+. The Labute approximate surface area is 342 Å². The van der Waals surface area contributed by atoms with Crippen molar-refractivity contribution in [3.8, 4) is 0 Å². The first-order valence-electron chi connectivity index (χ1n) is 21.7. The van der Waals surface area contributed by atoms with Crippen LogP contribution in [0.3, 0.4) is 0 Å². The van der Waals surface area contributed by atoms with Gasteiger partial charge in [0.15, 0.2) is 6.10 Å². The second kappa shape index (κ2) is 38.0. The van der Waals surface area contributed by atoms with Crippen LogP contribution in [-0.2, 0) is 32.7 Å². The summed E-state index contributed by atoms with van der Waals surface area (Å²) in [5.41, 5.74) is 0. The number of phosphoric ester groups is 1. The van der Waals surface area contributed by atoms with Crippen molar-refractivity contribution >= 4 is 19.8 Å². The number of carbonyl (C=O) groups excluding carboxylic acids is 2. The first kappa shape index (κ1) is 53.5. The molecule has 0 rings (SSSR count). The second-order valence-corrected chi connectivity index (χ2v) is 16.8. The first-order chi connectivity index (χ1) is 27.0. The van der Waals surface area contributed by atoms with Crippen molar-refractivity contribution in [1.82, 2.24) is 0 Å². The monoisotopic (exact) mass is 807 g/mol. The summed E-state index contributed by atoms with van der Waals surface area (Å²) in [6.07, 6.45) is 46.8. The van der Waals surface area contributed by atoms with Crippen LogP contribution >= 0.6 is 7.82 Å². The summed E-state index contributed by atoms with van der Waals surface area (Å²) >= 11 is 0. The van der Waals surface area contributed by atoms with E-state index in [9.17, 15) is 19.0 Å². The summed E-state index contributed by atoms with van der Waals surface area (Å²) in [5, 5.41) is 0. The molecule has 56 heavy (non-hydrogen) atoms. The van der Waals surface area contributed by atoms with Crippen LogP contribution in [0.2, 0.25) is 0 Å². The molecular weight excluding hydrogens is 725 g/mol. The molecule has 0 spiro atoms. The van der Waals surface area contributed by atoms with Crippen molar-refractivity contribution in [2.24, 2.45) is 0 Å². The lowest BCUT2D eigenvalue weighted by atomic mass is 10.0. The van der Waals surface area contributed by atoms with Gasteiger partial charge in [0.1, 0.15) is 19.8 Å². The third kappa shape index (κ3) is 41.1. The molecule has 9 nitrogen and oxygen atoms in total. The standard InChI is InChI=1S/C46H80NO8P/c1-6-8-10-12-14-16-18-20-21-22-23-24-25-27-29-31-33-35-37-39-46(49)55-44(43-54-56(50,51)53-41-40-47(3,4)5)42-52-45(48)38-36-34-32-30-28-26-19-17-15-13-11-9-7-2/h8,10,14,16,20-21,23-24,27,29,33,35,44H,6-7,9,11-13,15,17-19,22,25-26,28,30-32,34,36-43H2,1-5H3/p+1/b10-8?,16-14?,21-20?,24-23?,29-27?,35-33-/t44-/m1/s1. The smallest absolute Gasteiger partial charge is 0.462 e. The highest BCUT2D eigenvalue weighted by Crippen LogP contribution is 2.43. The Kier molecular flexibility index (Phi) is 36.3. The van der Waals surface area contributed by atoms with Crippen molar-refractivity contribution in [2.45, 2.75) is 161 Å². The van der Waals surface area contributed by atoms with Gasteiger partial charge in [0.25, 0.3) is 0 Å². The van der Waals surface area contributed by atoms with E-state index < -0.39 is 32.5 Å². The zero-order valence-electron chi connectivity index (χ0n) is 36.1. The molecule has 0 amide bonds. The number of hydrogen-bond acceptors (Lipinski definition) is 7. The molecule has 0 radical (unpaired) electrons. The third-order valence-electron chi connectivity index (χ3n) is 8.76. The Bertz CT molecular complexity index is 1180. The predicted molar refractivity (Wildman–Crippen MR) is 233 cm³/mol. The van der Waals surface area contributed by atoms with E-state index in [0.717, 1.165) is 57.8 Å². The maximum atomic E-state index is 12.6. The fourth-order valence-electron chi connectivity index (χ4n) is 5.39. The average Bonchev–Trinajstić information content (AvgIpc) is 3.15. The molecule has 0 heterocycles. The minimum absolute atomic E-state index is 0.0157. The van der Waals surface area contributed by atoms with Crippen molar-refractivity contribution in [2.75, 3.05) is 47.5 Å². The van der Waals surface area contributed by atoms with E-state index in [1.165, 1.54) is 64.2 Å². The number of nitrogens with zero attached hydrogens (tertiary/aromatic N) is 1. The molecule has 0 bridgehead atoms. The van der Waals surface area contributed by atoms with Gasteiger partial charge in [-0.05, 0) is 51.4 Å². The molecule has 0 aliphatic carbocycles. The first-order valence-corrected chi connectivity index (χ1v) is 23.2. The molecule has 1 unspecified atom stereocenters. The quantitative estimate of drug-likeness (QED) is 0.0216. The molecule has 0 fully saturated rings. The number of ether oxygens (including phenoxy) is 2. The minimum Gasteiger partial charge on any atom is -0.462 e. The number of quaternary nitrogens is 1. The van der Waals surface area contributed by atoms with Crippen LogP contribution in [0, 0.1) is 0 Å². The van der Waals surface area contributed by atoms with Gasteiger partial charge in [-0.2, -0.15) is 0 Å². The third-order valence-corrected chi connectivity index (χ3v) is 9.75. The van der Waals surface area contributed by atoms with Crippen LogP contribution in [0.25, 0.3) is 0 Å². The van der Waals surface area contributed by atoms with Crippen molar-refractivity contribution in [3.63, 3.8) is 0 Å². The highest BCUT2D eigenvalue weighted by atomic mass is 31.2. The molecule has 322 valence electrons. The number of unbranched alkanes of at least 4 members (excludes halogenated alkanes) is 12. The number of phosphoric acid groups is 1. The Morgan fingerprint density at radius 3 is 1.48 bits per heavy atom. The molecule has 1 N–H and O–H groups in total. The van der Waals surface area contributed by atoms with E-state index in [-0.39, 0.29) is 26.1 Å². The van der Waals surface area contributed by atoms with Gasteiger partial charge in [0, 0.05) is 12.8 Å². The van der Waals surface area contributed by atoms with Crippen LogP contribution in [0.15, 0.2) is 72.9 Å². The van der Waals surface area contributed by atoms with E-state index in [1.54, 1.807) is 0 Å². The lowest BCUT2D eigenvalue weighted by Gasteiger charge is -2.24. The van der Waals surface area contributed by atoms with Gasteiger partial charge in [-0.3, -0.25) is 18.6 Å². The molecule has 0 aromatic heterocycles. The maximum Gasteiger partial charge on any atom is 0.472 e. The number of likely N-dealkylation sites (N-methyl/N-ethyl adjacent to an activating group) is 1. The normalized spacial score (nSPS) is 14.3. The Morgan fingerprint density at radius 2 is 1.02 bits per heavy atom. The molecule has 0 aromatic rings. The molecule has 10 heteroatoms. The minimum atomic E-state index is -4.40. The summed E-state index contributed by atoms with van der Waals surface area (Å²) in [6.45, 7) is 4.20. The van der Waals surface area contributed by atoms with Crippen LogP contribution in [0.1, 0.15) is 155 Å². The number of carbonyl (C=O) groups is 2. The van der Waals surface area contributed by atoms with Crippen LogP contribution in [-0.4, -0.2) is 74.9 Å². The van der Waals surface area contributed by atoms with Gasteiger partial charge in [-0.25, -0.2) is 4.57 Å². The Hall–Kier alpha value is -2.55. The highest BCUT2D eigenvalue weighted by Gasteiger charge is 2.27. The molecule has 0 aromatic carbocycles. The lowest BCUT2D eigenvalue weighted by molar-refractivity contribution is -0.870. The summed E-state index contributed by atoms with van der Waals surface area (Å²) in [5.74, 6) is -0.900. The molecule has 0 saturated carbocycles. The fraction of sp³-hybridized carbons (Fsp3) is 0.696. The summed E-state index contributed by atoms with van der Waals surface area (Å²) in [7, 11) is 1.42. The molecule has 0 aliphatic heterocycles. The van der Waals surface area contributed by atoms with Crippen molar-refractivity contribution in [3.05, 3.63) is 72.9 Å². The van der Waals surface area contributed by atoms with Crippen LogP contribution in [0.4, 0.5) is 0 Å². The van der Waals surface area contributed by atoms with Gasteiger partial charge in [-0.15, -0.1) is 0 Å². The van der Waals surface area contributed by atoms with Crippen LogP contribution in [0.5, 0.6) is 0 Å². The molecule has 0 saturated heterocycles. The summed E-state index contributed by atoms with van der Waals surface area (Å²) < 4.78 is 34.2. The maximum absolute atomic E-state index is 12.6. The van der Waals surface area contributed by atoms with Gasteiger partial charge < -0.3 is 18.9 Å². The molecule has 2 atom stereocenters. The summed E-state index contributed by atoms with van der Waals surface area (Å²) in [6, 6.07) is 0. The second-order valence-electron chi connectivity index (χ2n) is 15.4. The van der Waals surface area contributed by atoms with E-state index >= 15 is 0 Å². The largest absolute Gasteiger partial charge is 0.472 e. The lowest BCUT2D eigenvalue weighted by Crippen LogP contribution is -2.37. The number of esters is 2. The van der Waals surface area contributed by atoms with E-state index in [4.69, 9.17) is 18.5 Å². The zero-order chi connectivity index (χ0) is 41.4. The average molecular weight is 807 g/mol. The summed E-state index contributed by atoms with van der Waals surface area (Å²) in [4.78, 5) is 35.3. The zero-order valence-corrected chi connectivity index (χ0v) is 37.0. The fourth-order valence-corrected chi connectivity index (χ4v) is 6.13. The predicted octanol–water partition coefficient (Wildman–Crippen LogP) is 12.2. The highest BCUT2D eigenvalue weighted by molar-refractivity contribution is 7.47. The van der Waals surface area contributed by atoms with E-state index in [2.05, 4.69) is 74.6 Å². The van der Waals surface area contributed by atoms with Crippen LogP contribution < -0.4 is 0 Å². The Balaban J connectivity index is 4.51. The van der Waals surface area contributed by atoms with Gasteiger partial charge in [-0.1, -0.05) is 164 Å².